The van der Waals surface area contributed by atoms with Gasteiger partial charge in [-0.25, -0.2) is 14.4 Å². The number of aromatic nitrogens is 1. The second kappa shape index (κ2) is 18.3. The van der Waals surface area contributed by atoms with Crippen LogP contribution in [0.25, 0.3) is 0 Å². The molecule has 0 amide bonds. The van der Waals surface area contributed by atoms with Crippen molar-refractivity contribution >= 4 is 17.9 Å². The van der Waals surface area contributed by atoms with Crippen LogP contribution in [0.1, 0.15) is 25.0 Å². The van der Waals surface area contributed by atoms with Gasteiger partial charge in [0.15, 0.2) is 0 Å². The monoisotopic (exact) mass is 701 g/mol. The van der Waals surface area contributed by atoms with Crippen LogP contribution in [0, 0.1) is 17.3 Å². The SMILES string of the molecule is CN1C[C@H](COCc2ccccn2)[C@]2(CCN(CC3CCOCC3)C2)C1.O=C(O)C(F)(F)F.O=C(O)C(F)(F)F.O=C(O)C(F)(F)F. The maximum Gasteiger partial charge on any atom is 0.490 e. The zero-order valence-corrected chi connectivity index (χ0v) is 25.1. The molecule has 47 heavy (non-hydrogen) atoms. The van der Waals surface area contributed by atoms with Crippen molar-refractivity contribution in [2.75, 3.05) is 59.6 Å². The van der Waals surface area contributed by atoms with E-state index in [-0.39, 0.29) is 0 Å². The van der Waals surface area contributed by atoms with Gasteiger partial charge in [-0.05, 0) is 50.9 Å². The number of rotatable bonds is 6. The van der Waals surface area contributed by atoms with Crippen molar-refractivity contribution in [1.82, 2.24) is 14.8 Å². The van der Waals surface area contributed by atoms with Gasteiger partial charge in [-0.1, -0.05) is 6.07 Å². The van der Waals surface area contributed by atoms with E-state index in [4.69, 9.17) is 39.2 Å². The summed E-state index contributed by atoms with van der Waals surface area (Å²) in [5.74, 6) is -6.81. The molecule has 3 fully saturated rings. The Kier molecular flexibility index (Phi) is 16.3. The fraction of sp³-hybridized carbons (Fsp3) is 0.704. The van der Waals surface area contributed by atoms with Crippen molar-refractivity contribution in [2.45, 2.75) is 44.4 Å². The number of carbonyl (C=O) groups is 3. The number of halogens is 9. The van der Waals surface area contributed by atoms with Gasteiger partial charge in [0.05, 0.1) is 18.9 Å². The minimum Gasteiger partial charge on any atom is -0.475 e. The molecule has 1 spiro atoms. The third-order valence-electron chi connectivity index (χ3n) is 7.33. The number of carboxylic acids is 3. The zero-order chi connectivity index (χ0) is 36.1. The lowest BCUT2D eigenvalue weighted by Gasteiger charge is -2.32. The highest BCUT2D eigenvalue weighted by molar-refractivity contribution is 5.73. The van der Waals surface area contributed by atoms with Gasteiger partial charge in [0.25, 0.3) is 0 Å². The van der Waals surface area contributed by atoms with Crippen LogP contribution in [0.15, 0.2) is 24.4 Å². The molecule has 2 atom stereocenters. The smallest absolute Gasteiger partial charge is 0.475 e. The third kappa shape index (κ3) is 15.9. The number of hydrogen-bond donors (Lipinski definition) is 3. The predicted octanol–water partition coefficient (Wildman–Crippen LogP) is 4.18. The van der Waals surface area contributed by atoms with Crippen molar-refractivity contribution in [3.63, 3.8) is 0 Å². The van der Waals surface area contributed by atoms with Gasteiger partial charge in [-0.15, -0.1) is 0 Å². The Bertz CT molecular complexity index is 1060. The largest absolute Gasteiger partial charge is 0.490 e. The average Bonchev–Trinajstić information content (AvgIpc) is 3.50. The molecule has 4 heterocycles. The van der Waals surface area contributed by atoms with E-state index in [9.17, 15) is 39.5 Å². The molecule has 3 saturated heterocycles. The molecule has 0 aliphatic carbocycles. The second-order valence-corrected chi connectivity index (χ2v) is 11.0. The Hall–Kier alpha value is -3.23. The van der Waals surface area contributed by atoms with Crippen LogP contribution in [0.5, 0.6) is 0 Å². The topological polar surface area (TPSA) is 150 Å². The van der Waals surface area contributed by atoms with Gasteiger partial charge >= 0.3 is 36.4 Å². The van der Waals surface area contributed by atoms with Crippen LogP contribution in [0.4, 0.5) is 39.5 Å². The Morgan fingerprint density at radius 2 is 1.43 bits per heavy atom. The quantitative estimate of drug-likeness (QED) is 0.367. The lowest BCUT2D eigenvalue weighted by molar-refractivity contribution is -0.193. The van der Waals surface area contributed by atoms with Gasteiger partial charge in [-0.3, -0.25) is 4.98 Å². The summed E-state index contributed by atoms with van der Waals surface area (Å²) < 4.78 is 107. The van der Waals surface area contributed by atoms with Crippen molar-refractivity contribution in [2.24, 2.45) is 17.3 Å². The first kappa shape index (κ1) is 41.8. The Morgan fingerprint density at radius 1 is 0.915 bits per heavy atom. The minimum absolute atomic E-state index is 0.421. The van der Waals surface area contributed by atoms with E-state index >= 15 is 0 Å². The zero-order valence-electron chi connectivity index (χ0n) is 25.1. The average molecular weight is 702 g/mol. The maximum absolute atomic E-state index is 10.6. The first-order chi connectivity index (χ1) is 21.6. The van der Waals surface area contributed by atoms with Crippen LogP contribution in [0.2, 0.25) is 0 Å². The van der Waals surface area contributed by atoms with Gasteiger partial charge < -0.3 is 34.6 Å². The molecule has 20 heteroatoms. The fourth-order valence-corrected chi connectivity index (χ4v) is 5.22. The second-order valence-electron chi connectivity index (χ2n) is 11.0. The molecule has 11 nitrogen and oxygen atoms in total. The number of hydrogen-bond acceptors (Lipinski definition) is 8. The Labute approximate surface area is 263 Å². The van der Waals surface area contributed by atoms with Gasteiger partial charge in [0.2, 0.25) is 0 Å². The molecule has 0 saturated carbocycles. The van der Waals surface area contributed by atoms with Crippen LogP contribution in [-0.4, -0.2) is 126 Å². The first-order valence-electron chi connectivity index (χ1n) is 13.9. The summed E-state index contributed by atoms with van der Waals surface area (Å²) in [4.78, 5) is 36.3. The molecular formula is C27H36F9N3O8. The summed E-state index contributed by atoms with van der Waals surface area (Å²) in [6, 6.07) is 6.03. The van der Waals surface area contributed by atoms with Crippen molar-refractivity contribution < 1.29 is 78.7 Å². The highest BCUT2D eigenvalue weighted by Gasteiger charge is 2.49. The van der Waals surface area contributed by atoms with E-state index in [1.54, 1.807) is 0 Å². The lowest BCUT2D eigenvalue weighted by atomic mass is 9.77. The summed E-state index contributed by atoms with van der Waals surface area (Å²) in [7, 11) is 2.27. The number of pyridine rings is 1. The number of nitrogens with zero attached hydrogens (tertiary/aromatic N) is 3. The van der Waals surface area contributed by atoms with Crippen molar-refractivity contribution in [3.05, 3.63) is 30.1 Å². The number of aliphatic carboxylic acids is 3. The van der Waals surface area contributed by atoms with E-state index in [0.717, 1.165) is 38.0 Å². The molecule has 4 rings (SSSR count). The molecule has 3 aliphatic rings. The summed E-state index contributed by atoms with van der Waals surface area (Å²) in [6.45, 7) is 9.52. The van der Waals surface area contributed by atoms with Crippen LogP contribution in [0.3, 0.4) is 0 Å². The van der Waals surface area contributed by atoms with E-state index < -0.39 is 36.4 Å². The molecule has 270 valence electrons. The van der Waals surface area contributed by atoms with Crippen molar-refractivity contribution in [1.29, 1.82) is 0 Å². The molecule has 1 aromatic rings. The fourth-order valence-electron chi connectivity index (χ4n) is 5.22. The maximum atomic E-state index is 10.6. The predicted molar refractivity (Wildman–Crippen MR) is 143 cm³/mol. The first-order valence-corrected chi connectivity index (χ1v) is 13.9. The Morgan fingerprint density at radius 3 is 1.87 bits per heavy atom. The normalized spacial score (nSPS) is 22.3. The highest BCUT2D eigenvalue weighted by Crippen LogP contribution is 2.44. The van der Waals surface area contributed by atoms with Crippen molar-refractivity contribution in [3.8, 4) is 0 Å². The number of ether oxygens (including phenoxy) is 2. The highest BCUT2D eigenvalue weighted by atomic mass is 19.4. The summed E-state index contributed by atoms with van der Waals surface area (Å²) in [5, 5.41) is 21.4. The van der Waals surface area contributed by atoms with Crippen LogP contribution < -0.4 is 0 Å². The molecule has 3 aliphatic heterocycles. The van der Waals surface area contributed by atoms with E-state index in [0.29, 0.717) is 17.9 Å². The molecule has 0 bridgehead atoms. The molecule has 0 radical (unpaired) electrons. The van der Waals surface area contributed by atoms with Crippen LogP contribution in [-0.2, 0) is 30.5 Å². The van der Waals surface area contributed by atoms with E-state index in [1.807, 2.05) is 24.4 Å². The molecule has 3 N–H and O–H groups in total. The molecular weight excluding hydrogens is 665 g/mol. The third-order valence-corrected chi connectivity index (χ3v) is 7.33. The number of alkyl halides is 9. The molecule has 0 aromatic carbocycles. The van der Waals surface area contributed by atoms with E-state index in [2.05, 4.69) is 21.8 Å². The summed E-state index contributed by atoms with van der Waals surface area (Å²) >= 11 is 0. The summed E-state index contributed by atoms with van der Waals surface area (Å²) in [6.07, 6.45) is -9.62. The van der Waals surface area contributed by atoms with Gasteiger partial charge in [0, 0.05) is 56.9 Å². The van der Waals surface area contributed by atoms with Crippen LogP contribution >= 0.6 is 0 Å². The Balaban J connectivity index is 0.000000430. The number of carboxylic acid groups (broad SMARTS) is 3. The molecule has 0 unspecified atom stereocenters. The number of likely N-dealkylation sites (tertiary alicyclic amines) is 2. The standard InChI is InChI=1S/C21H33N3O2.3C2HF3O2/c1-23-13-19(14-26-15-20-4-2-3-8-22-20)21(16-23)7-9-24(17-21)12-18-5-10-25-11-6-18;3*3-2(4,5)1(6)7/h2-4,8,18-19H,5-7,9-17H2,1H3;3*(H,6,7)/t19-,21-;;;/m1.../s1. The molecule has 1 aromatic heterocycles. The van der Waals surface area contributed by atoms with Gasteiger partial charge in [-0.2, -0.15) is 39.5 Å². The van der Waals surface area contributed by atoms with Gasteiger partial charge in [0.1, 0.15) is 0 Å². The van der Waals surface area contributed by atoms with E-state index in [1.165, 1.54) is 45.4 Å². The lowest BCUT2D eigenvalue weighted by Crippen LogP contribution is -2.38. The minimum atomic E-state index is -5.08. The summed E-state index contributed by atoms with van der Waals surface area (Å²) in [5.41, 5.74) is 1.45.